The van der Waals surface area contributed by atoms with Crippen molar-refractivity contribution in [1.29, 1.82) is 0 Å². The Hall–Kier alpha value is -5.27. The van der Waals surface area contributed by atoms with Gasteiger partial charge in [0.05, 0.1) is 31.0 Å². The highest BCUT2D eigenvalue weighted by atomic mass is 35.5. The lowest BCUT2D eigenvalue weighted by atomic mass is 10.2. The van der Waals surface area contributed by atoms with E-state index >= 15 is 0 Å². The minimum absolute atomic E-state index is 0.102. The lowest BCUT2D eigenvalue weighted by molar-refractivity contribution is -0.122. The van der Waals surface area contributed by atoms with E-state index in [1.54, 1.807) is 72.8 Å². The number of furan rings is 1. The van der Waals surface area contributed by atoms with Gasteiger partial charge in [-0.25, -0.2) is 4.39 Å². The third-order valence-corrected chi connectivity index (χ3v) is 9.28. The van der Waals surface area contributed by atoms with Gasteiger partial charge in [0.15, 0.2) is 23.3 Å². The summed E-state index contributed by atoms with van der Waals surface area (Å²) in [6.45, 7) is -0.0445. The van der Waals surface area contributed by atoms with Crippen LogP contribution in [0.1, 0.15) is 22.5 Å². The van der Waals surface area contributed by atoms with E-state index in [9.17, 15) is 14.0 Å². The molecule has 53 heavy (non-hydrogen) atoms. The number of amides is 2. The SMILES string of the molecule is COc1cc(/C=N\N=C2\S/C(=C\c3cc(Cl)ccc3OCC(=O)Nc3ccc(F)cc3)C(=O)N2Cc2ccco2)ccc1OCc1ccc(Cl)cc1Cl. The van der Waals surface area contributed by atoms with E-state index in [4.69, 9.17) is 53.4 Å². The van der Waals surface area contributed by atoms with Crippen molar-refractivity contribution in [3.8, 4) is 17.2 Å². The number of amidine groups is 1. The van der Waals surface area contributed by atoms with Crippen LogP contribution in [-0.4, -0.2) is 41.8 Å². The predicted octanol–water partition coefficient (Wildman–Crippen LogP) is 9.49. The Labute approximate surface area is 322 Å². The Balaban J connectivity index is 1.19. The topological polar surface area (TPSA) is 115 Å². The molecule has 6 rings (SSSR count). The number of anilines is 1. The maximum Gasteiger partial charge on any atom is 0.267 e. The van der Waals surface area contributed by atoms with Crippen molar-refractivity contribution >= 4 is 81.5 Å². The quantitative estimate of drug-likeness (QED) is 0.0718. The minimum atomic E-state index is -0.462. The van der Waals surface area contributed by atoms with Crippen molar-refractivity contribution in [3.05, 3.63) is 145 Å². The lowest BCUT2D eigenvalue weighted by Gasteiger charge is -2.13. The number of hydrogen-bond acceptors (Lipinski definition) is 9. The molecule has 1 aliphatic heterocycles. The molecule has 0 bridgehead atoms. The Morgan fingerprint density at radius 3 is 2.47 bits per heavy atom. The molecule has 2 heterocycles. The molecule has 0 spiro atoms. The Morgan fingerprint density at radius 2 is 1.72 bits per heavy atom. The van der Waals surface area contributed by atoms with Crippen LogP contribution in [0.15, 0.2) is 117 Å². The van der Waals surface area contributed by atoms with Crippen LogP contribution in [0.5, 0.6) is 17.2 Å². The van der Waals surface area contributed by atoms with E-state index < -0.39 is 11.7 Å². The van der Waals surface area contributed by atoms with Crippen molar-refractivity contribution in [1.82, 2.24) is 4.90 Å². The van der Waals surface area contributed by atoms with Crippen molar-refractivity contribution in [3.63, 3.8) is 0 Å². The zero-order valence-electron chi connectivity index (χ0n) is 27.7. The van der Waals surface area contributed by atoms with E-state index in [1.165, 1.54) is 48.8 Å². The summed E-state index contributed by atoms with van der Waals surface area (Å²) in [6.07, 6.45) is 4.64. The number of nitrogens with zero attached hydrogens (tertiary/aromatic N) is 3. The number of carbonyl (C=O) groups excluding carboxylic acids is 2. The standard InChI is InChI=1S/C38H28Cl3FN4O6S/c1-49-34-15-23(4-12-33(34)51-21-24-5-6-27(40)18-31(24)41)19-43-45-38-46(20-30-3-2-14-50-30)37(48)35(53-38)17-25-16-26(39)7-13-32(25)52-22-36(47)44-29-10-8-28(42)9-11-29/h2-19H,20-22H2,1H3,(H,44,47)/b35-17-,43-19-,45-38+. The van der Waals surface area contributed by atoms with Crippen molar-refractivity contribution in [2.75, 3.05) is 19.0 Å². The summed E-state index contributed by atoms with van der Waals surface area (Å²) in [6, 6.07) is 24.1. The predicted molar refractivity (Wildman–Crippen MR) is 206 cm³/mol. The normalized spacial score (nSPS) is 14.4. The van der Waals surface area contributed by atoms with Gasteiger partial charge in [0, 0.05) is 31.9 Å². The second-order valence-electron chi connectivity index (χ2n) is 11.2. The van der Waals surface area contributed by atoms with Crippen molar-refractivity contribution in [2.45, 2.75) is 13.2 Å². The molecule has 0 atom stereocenters. The van der Waals surface area contributed by atoms with E-state index in [0.717, 1.165) is 17.3 Å². The molecule has 4 aromatic carbocycles. The smallest absolute Gasteiger partial charge is 0.267 e. The molecule has 1 aromatic heterocycles. The van der Waals surface area contributed by atoms with E-state index in [1.807, 2.05) is 0 Å². The molecule has 0 unspecified atom stereocenters. The highest BCUT2D eigenvalue weighted by molar-refractivity contribution is 8.18. The summed E-state index contributed by atoms with van der Waals surface area (Å²) in [4.78, 5) is 28.0. The van der Waals surface area contributed by atoms with Crippen LogP contribution in [0.2, 0.25) is 15.1 Å². The number of ether oxygens (including phenoxy) is 3. The second-order valence-corrected chi connectivity index (χ2v) is 13.5. The summed E-state index contributed by atoms with van der Waals surface area (Å²) in [5.74, 6) is 0.570. The van der Waals surface area contributed by atoms with Gasteiger partial charge in [-0.3, -0.25) is 14.5 Å². The lowest BCUT2D eigenvalue weighted by Crippen LogP contribution is -2.28. The largest absolute Gasteiger partial charge is 0.493 e. The summed E-state index contributed by atoms with van der Waals surface area (Å²) in [5, 5.41) is 13.0. The molecule has 0 radical (unpaired) electrons. The number of rotatable bonds is 13. The molecule has 270 valence electrons. The number of carbonyl (C=O) groups is 2. The summed E-state index contributed by atoms with van der Waals surface area (Å²) in [5.41, 5.74) is 2.30. The zero-order chi connectivity index (χ0) is 37.3. The molecule has 2 amide bonds. The fraction of sp³-hybridized carbons (Fsp3) is 0.105. The first-order valence-electron chi connectivity index (χ1n) is 15.7. The number of halogens is 4. The van der Waals surface area contributed by atoms with Gasteiger partial charge in [0.1, 0.15) is 23.9 Å². The first-order chi connectivity index (χ1) is 25.6. The third-order valence-electron chi connectivity index (χ3n) is 7.46. The van der Waals surface area contributed by atoms with E-state index in [0.29, 0.717) is 65.0 Å². The highest BCUT2D eigenvalue weighted by Crippen LogP contribution is 2.36. The second kappa shape index (κ2) is 17.5. The molecular formula is C38H28Cl3FN4O6S. The zero-order valence-corrected chi connectivity index (χ0v) is 30.8. The fourth-order valence-corrected chi connectivity index (χ4v) is 6.45. The molecule has 1 aliphatic rings. The number of thioether (sulfide) groups is 1. The molecule has 10 nitrogen and oxygen atoms in total. The average molecular weight is 794 g/mol. The van der Waals surface area contributed by atoms with Crippen LogP contribution in [0, 0.1) is 5.82 Å². The number of hydrogen-bond donors (Lipinski definition) is 1. The van der Waals surface area contributed by atoms with E-state index in [2.05, 4.69) is 15.5 Å². The molecular weight excluding hydrogens is 766 g/mol. The van der Waals surface area contributed by atoms with Gasteiger partial charge in [-0.15, -0.1) is 5.10 Å². The number of methoxy groups -OCH3 is 1. The van der Waals surface area contributed by atoms with Crippen LogP contribution in [0.25, 0.3) is 6.08 Å². The molecule has 1 fully saturated rings. The van der Waals surface area contributed by atoms with Gasteiger partial charge in [0.25, 0.3) is 11.8 Å². The maximum atomic E-state index is 13.7. The molecule has 15 heteroatoms. The van der Waals surface area contributed by atoms with Crippen LogP contribution < -0.4 is 19.5 Å². The Bertz CT molecular complexity index is 2210. The first kappa shape index (κ1) is 37.5. The van der Waals surface area contributed by atoms with Gasteiger partial charge in [0.2, 0.25) is 0 Å². The average Bonchev–Trinajstić information content (AvgIpc) is 3.76. The third kappa shape index (κ3) is 9.99. The maximum absolute atomic E-state index is 13.7. The molecule has 1 saturated heterocycles. The van der Waals surface area contributed by atoms with Gasteiger partial charge in [-0.05, 0) is 108 Å². The van der Waals surface area contributed by atoms with Gasteiger partial charge >= 0.3 is 0 Å². The Kier molecular flexibility index (Phi) is 12.4. The van der Waals surface area contributed by atoms with Crippen LogP contribution >= 0.6 is 46.6 Å². The van der Waals surface area contributed by atoms with Crippen LogP contribution in [-0.2, 0) is 22.7 Å². The van der Waals surface area contributed by atoms with E-state index in [-0.39, 0.29) is 25.7 Å². The molecule has 5 aromatic rings. The molecule has 0 saturated carbocycles. The Morgan fingerprint density at radius 1 is 0.943 bits per heavy atom. The van der Waals surface area contributed by atoms with Gasteiger partial charge in [-0.1, -0.05) is 40.9 Å². The van der Waals surface area contributed by atoms with Crippen LogP contribution in [0.4, 0.5) is 10.1 Å². The number of nitrogens with one attached hydrogen (secondary N) is 1. The molecule has 1 N–H and O–H groups in total. The summed E-state index contributed by atoms with van der Waals surface area (Å²) >= 11 is 19.7. The fourth-order valence-electron chi connectivity index (χ4n) is 4.88. The highest BCUT2D eigenvalue weighted by Gasteiger charge is 2.34. The van der Waals surface area contributed by atoms with Crippen molar-refractivity contribution in [2.24, 2.45) is 10.2 Å². The first-order valence-corrected chi connectivity index (χ1v) is 17.7. The van der Waals surface area contributed by atoms with Crippen molar-refractivity contribution < 1.29 is 32.6 Å². The minimum Gasteiger partial charge on any atom is -0.493 e. The van der Waals surface area contributed by atoms with Gasteiger partial charge in [-0.2, -0.15) is 5.10 Å². The van der Waals surface area contributed by atoms with Crippen LogP contribution in [0.3, 0.4) is 0 Å². The summed E-state index contributed by atoms with van der Waals surface area (Å²) in [7, 11) is 1.53. The number of benzene rings is 4. The van der Waals surface area contributed by atoms with Gasteiger partial charge < -0.3 is 23.9 Å². The monoisotopic (exact) mass is 792 g/mol. The molecule has 0 aliphatic carbocycles. The summed E-state index contributed by atoms with van der Waals surface area (Å²) < 4.78 is 36.0.